The van der Waals surface area contributed by atoms with Crippen molar-refractivity contribution in [3.8, 4) is 0 Å². The molecule has 0 aliphatic carbocycles. The topological polar surface area (TPSA) is 52.6 Å². The van der Waals surface area contributed by atoms with Crippen molar-refractivity contribution < 1.29 is 47.8 Å². The van der Waals surface area contributed by atoms with Crippen LogP contribution in [-0.2, 0) is 18.8 Å². The van der Waals surface area contributed by atoms with Gasteiger partial charge < -0.3 is 1.43 Å². The molecular weight excluding hydrogens is 335 g/mol. The summed E-state index contributed by atoms with van der Waals surface area (Å²) >= 11 is 0. The van der Waals surface area contributed by atoms with Gasteiger partial charge in [-0.3, -0.25) is 0 Å². The molecule has 0 aliphatic heterocycles. The summed E-state index contributed by atoms with van der Waals surface area (Å²) in [6.45, 7) is 4.88. The predicted molar refractivity (Wildman–Crippen MR) is 97.9 cm³/mol. The van der Waals surface area contributed by atoms with Gasteiger partial charge in [-0.05, 0) is 12.8 Å². The average molecular weight is 375 g/mol. The fourth-order valence-electron chi connectivity index (χ4n) is 2.47. The number of unbranched alkanes of at least 4 members (excludes halogenated alkanes) is 12. The van der Waals surface area contributed by atoms with Gasteiger partial charge in [-0.2, -0.15) is 8.42 Å². The third-order valence-electron chi connectivity index (χ3n) is 3.95. The van der Waals surface area contributed by atoms with Crippen LogP contribution in [0.3, 0.4) is 0 Å². The van der Waals surface area contributed by atoms with E-state index >= 15 is 0 Å². The Morgan fingerprint density at radius 1 is 0.583 bits per heavy atom. The molecule has 0 amide bonds. The molecule has 4 nitrogen and oxygen atoms in total. The SMILES string of the molecule is CCCCCCCCCCOS(=O)(=O)OCCCCCCCC.[H-].[Na+]. The summed E-state index contributed by atoms with van der Waals surface area (Å²) in [4.78, 5) is 0. The molecule has 0 aromatic heterocycles. The van der Waals surface area contributed by atoms with Crippen LogP contribution in [-0.4, -0.2) is 21.6 Å². The maximum atomic E-state index is 11.5. The molecule has 0 rings (SSSR count). The second kappa shape index (κ2) is 20.2. The van der Waals surface area contributed by atoms with Gasteiger partial charge in [0.25, 0.3) is 0 Å². The third kappa shape index (κ3) is 20.9. The molecule has 0 heterocycles. The third-order valence-corrected chi connectivity index (χ3v) is 4.86. The molecule has 0 aliphatic rings. The molecule has 0 aromatic rings. The Kier molecular flexibility index (Phi) is 22.8. The van der Waals surface area contributed by atoms with Crippen LogP contribution in [0.25, 0.3) is 0 Å². The summed E-state index contributed by atoms with van der Waals surface area (Å²) in [5.74, 6) is 0. The Balaban J connectivity index is -0.00000242. The summed E-state index contributed by atoms with van der Waals surface area (Å²) in [7, 11) is -3.78. The average Bonchev–Trinajstić information content (AvgIpc) is 2.52. The number of hydrogen-bond donors (Lipinski definition) is 0. The predicted octanol–water partition coefficient (Wildman–Crippen LogP) is 2.88. The minimum absolute atomic E-state index is 0. The summed E-state index contributed by atoms with van der Waals surface area (Å²) in [5, 5.41) is 0. The maximum Gasteiger partial charge on any atom is 1.00 e. The van der Waals surface area contributed by atoms with Gasteiger partial charge in [0.15, 0.2) is 0 Å². The van der Waals surface area contributed by atoms with E-state index in [0.29, 0.717) is 0 Å². The molecule has 0 radical (unpaired) electrons. The van der Waals surface area contributed by atoms with Gasteiger partial charge in [-0.1, -0.05) is 90.9 Å². The van der Waals surface area contributed by atoms with Gasteiger partial charge in [0.1, 0.15) is 0 Å². The van der Waals surface area contributed by atoms with Gasteiger partial charge in [0, 0.05) is 0 Å². The van der Waals surface area contributed by atoms with E-state index in [9.17, 15) is 8.42 Å². The van der Waals surface area contributed by atoms with Crippen molar-refractivity contribution >= 4 is 10.4 Å². The fraction of sp³-hybridized carbons (Fsp3) is 1.00. The summed E-state index contributed by atoms with van der Waals surface area (Å²) in [6, 6.07) is 0. The van der Waals surface area contributed by atoms with Crippen LogP contribution in [0.1, 0.15) is 105 Å². The van der Waals surface area contributed by atoms with Crippen molar-refractivity contribution in [1.82, 2.24) is 0 Å². The van der Waals surface area contributed by atoms with Crippen molar-refractivity contribution in [2.24, 2.45) is 0 Å². The zero-order valence-electron chi connectivity index (χ0n) is 17.4. The summed E-state index contributed by atoms with van der Waals surface area (Å²) in [6.07, 6.45) is 16.0. The number of rotatable bonds is 18. The first-order valence-electron chi connectivity index (χ1n) is 9.66. The molecular formula is C18H39NaO4S. The molecule has 0 fully saturated rings. The molecule has 0 saturated heterocycles. The normalized spacial score (nSPS) is 11.4. The van der Waals surface area contributed by atoms with Crippen LogP contribution < -0.4 is 29.6 Å². The van der Waals surface area contributed by atoms with Crippen LogP contribution >= 0.6 is 0 Å². The molecule has 0 N–H and O–H groups in total. The second-order valence-electron chi connectivity index (χ2n) is 6.29. The van der Waals surface area contributed by atoms with E-state index in [0.717, 1.165) is 38.5 Å². The van der Waals surface area contributed by atoms with Gasteiger partial charge in [-0.25, -0.2) is 8.37 Å². The summed E-state index contributed by atoms with van der Waals surface area (Å²) in [5.41, 5.74) is 0. The Hall–Kier alpha value is 0.870. The molecule has 6 heteroatoms. The molecule has 0 atom stereocenters. The van der Waals surface area contributed by atoms with Gasteiger partial charge in [0.2, 0.25) is 0 Å². The molecule has 0 bridgehead atoms. The van der Waals surface area contributed by atoms with Gasteiger partial charge >= 0.3 is 40.0 Å². The minimum Gasteiger partial charge on any atom is -1.00 e. The molecule has 0 aromatic carbocycles. The van der Waals surface area contributed by atoms with Crippen molar-refractivity contribution in [3.63, 3.8) is 0 Å². The van der Waals surface area contributed by atoms with E-state index in [-0.39, 0.29) is 44.2 Å². The minimum atomic E-state index is -3.78. The van der Waals surface area contributed by atoms with E-state index in [1.807, 2.05) is 0 Å². The maximum absolute atomic E-state index is 11.5. The summed E-state index contributed by atoms with van der Waals surface area (Å²) < 4.78 is 32.8. The smallest absolute Gasteiger partial charge is 1.00 e. The van der Waals surface area contributed by atoms with Crippen LogP contribution in [0.5, 0.6) is 0 Å². The zero-order valence-corrected chi connectivity index (χ0v) is 19.2. The van der Waals surface area contributed by atoms with Crippen molar-refractivity contribution in [3.05, 3.63) is 0 Å². The van der Waals surface area contributed by atoms with E-state index in [1.165, 1.54) is 51.4 Å². The molecule has 142 valence electrons. The van der Waals surface area contributed by atoms with Crippen molar-refractivity contribution in [1.29, 1.82) is 0 Å². The first kappa shape index (κ1) is 27.1. The zero-order chi connectivity index (χ0) is 17.2. The standard InChI is InChI=1S/C18H38O4S.Na.H/c1-3-5-7-9-11-12-14-16-18-22-23(19,20)21-17-15-13-10-8-6-4-2;;/h3-18H2,1-2H3;;/q;+1;-1. The Labute approximate surface area is 174 Å². The van der Waals surface area contributed by atoms with Crippen LogP contribution in [0.15, 0.2) is 0 Å². The molecule has 0 saturated carbocycles. The number of hydrogen-bond acceptors (Lipinski definition) is 4. The second-order valence-corrected chi connectivity index (χ2v) is 7.58. The monoisotopic (exact) mass is 374 g/mol. The largest absolute Gasteiger partial charge is 1.00 e. The van der Waals surface area contributed by atoms with E-state index in [1.54, 1.807) is 0 Å². The first-order valence-corrected chi connectivity index (χ1v) is 11.0. The van der Waals surface area contributed by atoms with E-state index in [2.05, 4.69) is 13.8 Å². The van der Waals surface area contributed by atoms with Crippen LogP contribution in [0.4, 0.5) is 0 Å². The van der Waals surface area contributed by atoms with Gasteiger partial charge in [0.05, 0.1) is 13.2 Å². The van der Waals surface area contributed by atoms with Crippen molar-refractivity contribution in [2.75, 3.05) is 13.2 Å². The van der Waals surface area contributed by atoms with E-state index < -0.39 is 10.4 Å². The first-order chi connectivity index (χ1) is 11.1. The fourth-order valence-corrected chi connectivity index (χ4v) is 3.19. The van der Waals surface area contributed by atoms with E-state index in [4.69, 9.17) is 8.37 Å². The molecule has 0 spiro atoms. The quantitative estimate of drug-likeness (QED) is 0.273. The molecule has 24 heavy (non-hydrogen) atoms. The van der Waals surface area contributed by atoms with Crippen LogP contribution in [0, 0.1) is 0 Å². The van der Waals surface area contributed by atoms with Gasteiger partial charge in [-0.15, -0.1) is 0 Å². The van der Waals surface area contributed by atoms with Crippen LogP contribution in [0.2, 0.25) is 0 Å². The van der Waals surface area contributed by atoms with Crippen molar-refractivity contribution in [2.45, 2.75) is 104 Å². The Bertz CT molecular complexity index is 340. The molecule has 0 unspecified atom stereocenters. The Morgan fingerprint density at radius 2 is 0.875 bits per heavy atom. The Morgan fingerprint density at radius 3 is 1.21 bits per heavy atom.